The van der Waals surface area contributed by atoms with Crippen molar-refractivity contribution < 1.29 is 171 Å². The number of amides is 2. The number of β-amino-alcohol motifs (C(OH)–C–C–N with tert-alkyl or cyclic N) is 1. The summed E-state index contributed by atoms with van der Waals surface area (Å²) in [5, 5.41) is 11.4. The maximum atomic E-state index is 13.0. The molecule has 0 aromatic heterocycles. The van der Waals surface area contributed by atoms with Crippen LogP contribution in [0.25, 0.3) is 22.3 Å². The van der Waals surface area contributed by atoms with E-state index < -0.39 is 112 Å². The van der Waals surface area contributed by atoms with Crippen LogP contribution in [0.15, 0.2) is 170 Å². The predicted molar refractivity (Wildman–Crippen MR) is 324 cm³/mol. The standard InChI is InChI=1S/C28H27NO6.C26H25NO5.C4H6O3.3CHF3O3S.Sc/c1-20(30)35-28(24-15-13-23(14-16-24)22-11-7-4-8-12-22)17-25(26(31)33-2)29(19-28)27(32)34-18-21-9-5-3-6-10-21;1-31-24(28)23-16-26(30,18-27(23)25(29)32-17-19-8-4-2-5-9-19)22-14-12-21(13-15-22)20-10-6-3-7-11-20;1-3(5)7-4(2)6;3*2-1(3,4)8(5,6)7;/h3-16,25H,17-19H2,1-2H3;2-15,23,30H,16-18H2,1H3;1-2H3;3*(H,5,6,7);/t25-,28-;23-,26-;;;;;/m00...../s1. The quantitative estimate of drug-likeness (QED) is 0.0234. The van der Waals surface area contributed by atoms with Crippen molar-refractivity contribution in [2.24, 2.45) is 0 Å². The van der Waals surface area contributed by atoms with Crippen LogP contribution >= 0.6 is 0 Å². The fraction of sp³-hybridized carbons (Fsp3) is 0.295. The van der Waals surface area contributed by atoms with Gasteiger partial charge in [0, 0.05) is 59.5 Å². The summed E-state index contributed by atoms with van der Waals surface area (Å²) in [6, 6.07) is 51.5. The summed E-state index contributed by atoms with van der Waals surface area (Å²) in [6.45, 7) is 3.70. The van der Waals surface area contributed by atoms with E-state index in [-0.39, 0.29) is 65.0 Å². The van der Waals surface area contributed by atoms with Crippen LogP contribution < -0.4 is 0 Å². The Hall–Kier alpha value is -8.66. The van der Waals surface area contributed by atoms with E-state index in [1.807, 2.05) is 170 Å². The maximum absolute atomic E-state index is 13.0. The summed E-state index contributed by atoms with van der Waals surface area (Å²) in [5.41, 5.74) is -12.1. The Kier molecular flexibility index (Phi) is 32.7. The topological polar surface area (TPSA) is 365 Å². The molecule has 537 valence electrons. The van der Waals surface area contributed by atoms with Gasteiger partial charge in [0.1, 0.15) is 30.9 Å². The number of ether oxygens (including phenoxy) is 6. The van der Waals surface area contributed by atoms with Crippen molar-refractivity contribution in [3.05, 3.63) is 192 Å². The number of alkyl halides is 9. The summed E-state index contributed by atoms with van der Waals surface area (Å²) in [5.74, 6) is -2.82. The van der Waals surface area contributed by atoms with E-state index in [1.54, 1.807) is 0 Å². The smallest absolute Gasteiger partial charge is 0.467 e. The van der Waals surface area contributed by atoms with E-state index >= 15 is 0 Å². The number of nitrogens with zero attached hydrogens (tertiary/aromatic N) is 2. The summed E-state index contributed by atoms with van der Waals surface area (Å²) >= 11 is 0. The zero-order chi connectivity index (χ0) is 74.3. The monoisotopic (exact) mass is 1500 g/mol. The van der Waals surface area contributed by atoms with Gasteiger partial charge in [0.15, 0.2) is 5.60 Å². The molecule has 4 N–H and O–H groups in total. The van der Waals surface area contributed by atoms with Crippen molar-refractivity contribution in [3.63, 3.8) is 0 Å². The van der Waals surface area contributed by atoms with Crippen LogP contribution in [0, 0.1) is 0 Å². The van der Waals surface area contributed by atoms with Gasteiger partial charge in [0.25, 0.3) is 0 Å². The molecule has 0 unspecified atom stereocenters. The summed E-state index contributed by atoms with van der Waals surface area (Å²) in [6.07, 6.45) is -1.25. The molecule has 0 spiro atoms. The van der Waals surface area contributed by atoms with Gasteiger partial charge in [0.05, 0.1) is 27.3 Å². The van der Waals surface area contributed by atoms with E-state index in [2.05, 4.69) is 4.74 Å². The van der Waals surface area contributed by atoms with Gasteiger partial charge in [-0.05, 0) is 44.5 Å². The number of halogens is 9. The van der Waals surface area contributed by atoms with Crippen molar-refractivity contribution in [2.45, 2.75) is 86.6 Å². The van der Waals surface area contributed by atoms with Crippen LogP contribution in [-0.4, -0.2) is 152 Å². The first kappa shape index (κ1) is 86.4. The number of hydrogen-bond donors (Lipinski definition) is 4. The number of carbonyl (C=O) groups is 7. The normalized spacial score (nSPS) is 17.2. The van der Waals surface area contributed by atoms with Crippen LogP contribution in [0.3, 0.4) is 0 Å². The Morgan fingerprint density at radius 2 is 0.727 bits per heavy atom. The Labute approximate surface area is 578 Å². The third-order valence-electron chi connectivity index (χ3n) is 13.0. The molecule has 2 heterocycles. The molecule has 2 saturated heterocycles. The molecule has 1 radical (unpaired) electrons. The van der Waals surface area contributed by atoms with Crippen LogP contribution in [0.5, 0.6) is 0 Å². The van der Waals surface area contributed by atoms with Gasteiger partial charge in [-0.15, -0.1) is 0 Å². The fourth-order valence-corrected chi connectivity index (χ4v) is 8.67. The zero-order valence-electron chi connectivity index (χ0n) is 52.2. The zero-order valence-corrected chi connectivity index (χ0v) is 56.5. The number of benzene rings is 6. The number of likely N-dealkylation sites (tertiary alicyclic amines) is 2. The van der Waals surface area contributed by atoms with Crippen LogP contribution in [0.4, 0.5) is 49.1 Å². The van der Waals surface area contributed by atoms with E-state index in [4.69, 9.17) is 62.6 Å². The van der Waals surface area contributed by atoms with Gasteiger partial charge in [-0.3, -0.25) is 37.8 Å². The van der Waals surface area contributed by atoms with Crippen LogP contribution in [0.2, 0.25) is 0 Å². The SMILES string of the molecule is CC(=O)OC(C)=O.COC(=O)[C@@H]1C[C@@](O)(c2ccc(-c3ccccc3)cc2)CN1C(=O)OCc1ccccc1.COC(=O)[C@@H]1C[C@@](OC(C)=O)(c2ccc(-c3ccccc3)cc2)CN1C(=O)OCc1ccccc1.O=S(=O)(O)C(F)(F)F.O=S(=O)(O)C(F)(F)F.O=S(=O)(O)C(F)(F)F.[Sc]. The van der Waals surface area contributed by atoms with Gasteiger partial charge < -0.3 is 33.5 Å². The first-order valence-electron chi connectivity index (χ1n) is 27.4. The number of aliphatic hydroxyl groups is 1. The Balaban J connectivity index is 0.000000471. The molecule has 25 nitrogen and oxygen atoms in total. The third kappa shape index (κ3) is 27.5. The molecule has 4 atom stereocenters. The molecule has 38 heteroatoms. The van der Waals surface area contributed by atoms with Gasteiger partial charge in [-0.2, -0.15) is 64.8 Å². The third-order valence-corrected chi connectivity index (χ3v) is 14.8. The number of esters is 5. The molecule has 6 aromatic carbocycles. The van der Waals surface area contributed by atoms with Gasteiger partial charge in [-0.1, -0.05) is 170 Å². The minimum atomic E-state index is -5.84. The molecule has 2 aliphatic rings. The molecular weight excluding hydrogens is 1440 g/mol. The number of methoxy groups -OCH3 is 2. The minimum absolute atomic E-state index is 0. The van der Waals surface area contributed by atoms with Crippen molar-refractivity contribution >= 4 is 72.4 Å². The summed E-state index contributed by atoms with van der Waals surface area (Å²) < 4.78 is 203. The minimum Gasteiger partial charge on any atom is -0.467 e. The second-order valence-corrected chi connectivity index (χ2v) is 24.4. The van der Waals surface area contributed by atoms with E-state index in [9.17, 15) is 78.2 Å². The van der Waals surface area contributed by atoms with Crippen molar-refractivity contribution in [2.75, 3.05) is 27.3 Å². The molecule has 6 aromatic rings. The van der Waals surface area contributed by atoms with E-state index in [0.29, 0.717) is 11.1 Å². The molecular formula is C61H61F9N2O23S3Sc. The Morgan fingerprint density at radius 1 is 0.444 bits per heavy atom. The van der Waals surface area contributed by atoms with Crippen molar-refractivity contribution in [1.82, 2.24) is 9.80 Å². The van der Waals surface area contributed by atoms with Gasteiger partial charge in [-0.25, -0.2) is 19.2 Å². The first-order valence-corrected chi connectivity index (χ1v) is 31.8. The van der Waals surface area contributed by atoms with Crippen LogP contribution in [-0.2, 0) is 133 Å². The summed E-state index contributed by atoms with van der Waals surface area (Å²) in [7, 11) is -15.0. The second kappa shape index (κ2) is 37.5. The van der Waals surface area contributed by atoms with Crippen LogP contribution in [0.1, 0.15) is 55.9 Å². The molecule has 2 aliphatic heterocycles. The molecule has 2 fully saturated rings. The number of carbonyl (C=O) groups excluding carboxylic acids is 7. The van der Waals surface area contributed by atoms with E-state index in [1.165, 1.54) is 44.8 Å². The molecule has 0 bridgehead atoms. The maximum Gasteiger partial charge on any atom is 0.522 e. The first-order chi connectivity index (χ1) is 45.3. The number of hydrogen-bond acceptors (Lipinski definition) is 20. The second-order valence-electron chi connectivity index (χ2n) is 20.2. The van der Waals surface area contributed by atoms with Gasteiger partial charge in [0.2, 0.25) is 0 Å². The molecule has 0 saturated carbocycles. The largest absolute Gasteiger partial charge is 0.522 e. The van der Waals surface area contributed by atoms with Crippen molar-refractivity contribution in [1.29, 1.82) is 0 Å². The van der Waals surface area contributed by atoms with E-state index in [0.717, 1.165) is 33.4 Å². The average molecular weight is 1500 g/mol. The molecule has 0 aliphatic carbocycles. The van der Waals surface area contributed by atoms with Crippen molar-refractivity contribution in [3.8, 4) is 22.3 Å². The Morgan fingerprint density at radius 3 is 1.01 bits per heavy atom. The number of rotatable bonds is 11. The Bertz CT molecular complexity index is 3890. The predicted octanol–water partition coefficient (Wildman–Crippen LogP) is 10.1. The summed E-state index contributed by atoms with van der Waals surface area (Å²) in [4.78, 5) is 85.1. The molecule has 2 amide bonds. The molecule has 99 heavy (non-hydrogen) atoms. The molecule has 8 rings (SSSR count). The fourth-order valence-electron chi connectivity index (χ4n) is 8.67. The average Bonchev–Trinajstić information content (AvgIpc) is 1.62. The van der Waals surface area contributed by atoms with Gasteiger partial charge >= 0.3 is 88.9 Å².